The van der Waals surface area contributed by atoms with Gasteiger partial charge in [-0.05, 0) is 24.3 Å². The van der Waals surface area contributed by atoms with Gasteiger partial charge < -0.3 is 10.2 Å². The van der Waals surface area contributed by atoms with Crippen LogP contribution in [-0.4, -0.2) is 35.9 Å². The fourth-order valence-electron chi connectivity index (χ4n) is 1.86. The third-order valence-electron chi connectivity index (χ3n) is 2.81. The van der Waals surface area contributed by atoms with Crippen LogP contribution in [0.3, 0.4) is 0 Å². The van der Waals surface area contributed by atoms with Gasteiger partial charge in [0.1, 0.15) is 5.75 Å². The number of pyridine rings is 2. The minimum atomic E-state index is -1.13. The number of rotatable bonds is 3. The Hall–Kier alpha value is -3.22. The van der Waals surface area contributed by atoms with Crippen molar-refractivity contribution in [3.8, 4) is 23.0 Å². The molecule has 0 aliphatic heterocycles. The lowest BCUT2D eigenvalue weighted by molar-refractivity contribution is 0.0690. The molecule has 21 heavy (non-hydrogen) atoms. The molecule has 0 radical (unpaired) electrons. The summed E-state index contributed by atoms with van der Waals surface area (Å²) in [5.74, 6) is -0.624. The van der Waals surface area contributed by atoms with Gasteiger partial charge >= 0.3 is 5.97 Å². The molecule has 0 saturated heterocycles. The Labute approximate surface area is 119 Å². The molecule has 0 bridgehead atoms. The van der Waals surface area contributed by atoms with Crippen molar-refractivity contribution in [2.75, 3.05) is 0 Å². The Morgan fingerprint density at radius 2 is 2.00 bits per heavy atom. The van der Waals surface area contributed by atoms with Crippen molar-refractivity contribution in [3.05, 3.63) is 54.5 Å². The van der Waals surface area contributed by atoms with Crippen LogP contribution in [0.25, 0.3) is 17.2 Å². The molecule has 3 rings (SSSR count). The number of aromatic carboxylic acids is 1. The van der Waals surface area contributed by atoms with Gasteiger partial charge in [0, 0.05) is 12.3 Å². The van der Waals surface area contributed by atoms with E-state index in [1.54, 1.807) is 30.5 Å². The third kappa shape index (κ3) is 2.44. The summed E-state index contributed by atoms with van der Waals surface area (Å²) in [6.45, 7) is 0. The molecule has 0 spiro atoms. The van der Waals surface area contributed by atoms with Crippen LogP contribution in [-0.2, 0) is 0 Å². The first kappa shape index (κ1) is 12.8. The lowest BCUT2D eigenvalue weighted by Gasteiger charge is -2.05. The maximum Gasteiger partial charge on any atom is 0.356 e. The van der Waals surface area contributed by atoms with Crippen LogP contribution < -0.4 is 0 Å². The Kier molecular flexibility index (Phi) is 3.07. The van der Waals surface area contributed by atoms with Gasteiger partial charge in [-0.2, -0.15) is 5.10 Å². The highest BCUT2D eigenvalue weighted by Gasteiger charge is 2.17. The number of aromatic nitrogens is 4. The molecule has 0 aromatic carbocycles. The lowest BCUT2D eigenvalue weighted by atomic mass is 10.2. The second-order valence-corrected chi connectivity index (χ2v) is 4.22. The van der Waals surface area contributed by atoms with Crippen molar-refractivity contribution in [1.82, 2.24) is 19.7 Å². The summed E-state index contributed by atoms with van der Waals surface area (Å²) >= 11 is 0. The highest BCUT2D eigenvalue weighted by Crippen LogP contribution is 2.22. The Morgan fingerprint density at radius 3 is 2.62 bits per heavy atom. The van der Waals surface area contributed by atoms with Crippen molar-refractivity contribution in [1.29, 1.82) is 0 Å². The first-order chi connectivity index (χ1) is 10.1. The lowest BCUT2D eigenvalue weighted by Crippen LogP contribution is -2.04. The molecule has 0 atom stereocenters. The molecular formula is C14H10N4O3. The molecule has 0 saturated carbocycles. The van der Waals surface area contributed by atoms with E-state index in [0.29, 0.717) is 17.2 Å². The van der Waals surface area contributed by atoms with E-state index in [-0.39, 0.29) is 11.4 Å². The van der Waals surface area contributed by atoms with Gasteiger partial charge in [0.15, 0.2) is 11.5 Å². The van der Waals surface area contributed by atoms with E-state index >= 15 is 0 Å². The van der Waals surface area contributed by atoms with Gasteiger partial charge in [0.2, 0.25) is 0 Å². The van der Waals surface area contributed by atoms with E-state index in [9.17, 15) is 9.90 Å². The monoisotopic (exact) mass is 282 g/mol. The van der Waals surface area contributed by atoms with E-state index in [1.165, 1.54) is 23.0 Å². The number of hydrogen-bond donors (Lipinski definition) is 2. The van der Waals surface area contributed by atoms with E-state index in [1.807, 2.05) is 0 Å². The Balaban J connectivity index is 2.19. The van der Waals surface area contributed by atoms with Crippen LogP contribution in [0.15, 0.2) is 48.8 Å². The summed E-state index contributed by atoms with van der Waals surface area (Å²) in [6.07, 6.45) is 2.87. The van der Waals surface area contributed by atoms with Crippen molar-refractivity contribution in [3.63, 3.8) is 0 Å². The van der Waals surface area contributed by atoms with Gasteiger partial charge in [-0.15, -0.1) is 0 Å². The van der Waals surface area contributed by atoms with Gasteiger partial charge in [0.25, 0.3) is 0 Å². The molecule has 7 heteroatoms. The van der Waals surface area contributed by atoms with E-state index in [0.717, 1.165) is 0 Å². The highest BCUT2D eigenvalue weighted by molar-refractivity contribution is 5.87. The average Bonchev–Trinajstić information content (AvgIpc) is 2.94. The molecule has 0 fully saturated rings. The van der Waals surface area contributed by atoms with Crippen molar-refractivity contribution < 1.29 is 15.0 Å². The third-order valence-corrected chi connectivity index (χ3v) is 2.81. The Bertz CT molecular complexity index is 782. The zero-order valence-electron chi connectivity index (χ0n) is 10.7. The zero-order valence-corrected chi connectivity index (χ0v) is 10.7. The largest absolute Gasteiger partial charge is 0.506 e. The summed E-state index contributed by atoms with van der Waals surface area (Å²) < 4.78 is 1.41. The second-order valence-electron chi connectivity index (χ2n) is 4.22. The standard InChI is InChI=1S/C14H10N4O3/c19-9-4-5-10(16-8-9)12-7-11(14(20)21)17-18(12)13-3-1-2-6-15-13/h1-8,19H,(H,20,21). The molecular weight excluding hydrogens is 272 g/mol. The maximum absolute atomic E-state index is 11.1. The molecule has 3 heterocycles. The molecule has 0 unspecified atom stereocenters. The van der Waals surface area contributed by atoms with Crippen LogP contribution in [0.4, 0.5) is 0 Å². The van der Waals surface area contributed by atoms with Crippen LogP contribution in [0.5, 0.6) is 5.75 Å². The molecule has 2 N–H and O–H groups in total. The Morgan fingerprint density at radius 1 is 1.14 bits per heavy atom. The SMILES string of the molecule is O=C(O)c1cc(-c2ccc(O)cn2)n(-c2ccccn2)n1. The molecule has 0 amide bonds. The van der Waals surface area contributed by atoms with E-state index < -0.39 is 5.97 Å². The molecule has 104 valence electrons. The van der Waals surface area contributed by atoms with Crippen molar-refractivity contribution in [2.45, 2.75) is 0 Å². The summed E-state index contributed by atoms with van der Waals surface area (Å²) in [5, 5.41) is 22.4. The molecule has 7 nitrogen and oxygen atoms in total. The fraction of sp³-hybridized carbons (Fsp3) is 0. The number of hydrogen-bond acceptors (Lipinski definition) is 5. The number of carbonyl (C=O) groups is 1. The average molecular weight is 282 g/mol. The normalized spacial score (nSPS) is 10.5. The van der Waals surface area contributed by atoms with E-state index in [2.05, 4.69) is 15.1 Å². The summed E-state index contributed by atoms with van der Waals surface area (Å²) in [7, 11) is 0. The minimum Gasteiger partial charge on any atom is -0.506 e. The summed E-state index contributed by atoms with van der Waals surface area (Å²) in [5.41, 5.74) is 0.857. The van der Waals surface area contributed by atoms with Crippen molar-refractivity contribution in [2.24, 2.45) is 0 Å². The van der Waals surface area contributed by atoms with Crippen LogP contribution >= 0.6 is 0 Å². The quantitative estimate of drug-likeness (QED) is 0.758. The molecule has 3 aromatic rings. The van der Waals surface area contributed by atoms with Crippen LogP contribution in [0, 0.1) is 0 Å². The predicted molar refractivity (Wildman–Crippen MR) is 73.2 cm³/mol. The van der Waals surface area contributed by atoms with Gasteiger partial charge in [-0.25, -0.2) is 14.5 Å². The van der Waals surface area contributed by atoms with Crippen LogP contribution in [0.2, 0.25) is 0 Å². The second kappa shape index (κ2) is 5.04. The maximum atomic E-state index is 11.1. The first-order valence-corrected chi connectivity index (χ1v) is 6.05. The van der Waals surface area contributed by atoms with Gasteiger partial charge in [0.05, 0.1) is 17.6 Å². The smallest absolute Gasteiger partial charge is 0.356 e. The number of carboxylic acids is 1. The van der Waals surface area contributed by atoms with Crippen LogP contribution in [0.1, 0.15) is 10.5 Å². The van der Waals surface area contributed by atoms with Gasteiger partial charge in [-0.1, -0.05) is 6.07 Å². The molecule has 0 aliphatic rings. The number of nitrogens with zero attached hydrogens (tertiary/aromatic N) is 4. The minimum absolute atomic E-state index is 0.0288. The van der Waals surface area contributed by atoms with Gasteiger partial charge in [-0.3, -0.25) is 4.98 Å². The van der Waals surface area contributed by atoms with E-state index in [4.69, 9.17) is 5.11 Å². The molecule has 3 aromatic heterocycles. The zero-order chi connectivity index (χ0) is 14.8. The highest BCUT2D eigenvalue weighted by atomic mass is 16.4. The number of aromatic hydroxyl groups is 1. The van der Waals surface area contributed by atoms with Crippen molar-refractivity contribution >= 4 is 5.97 Å². The fourth-order valence-corrected chi connectivity index (χ4v) is 1.86. The molecule has 0 aliphatic carbocycles. The topological polar surface area (TPSA) is 101 Å². The number of carboxylic acid groups (broad SMARTS) is 1. The predicted octanol–water partition coefficient (Wildman–Crippen LogP) is 1.73. The summed E-state index contributed by atoms with van der Waals surface area (Å²) in [4.78, 5) is 19.4. The first-order valence-electron chi connectivity index (χ1n) is 6.05. The summed E-state index contributed by atoms with van der Waals surface area (Å²) in [6, 6.07) is 9.71.